The number of nitrogens with zero attached hydrogens (tertiary/aromatic N) is 2. The van der Waals surface area contributed by atoms with Crippen molar-refractivity contribution >= 4 is 7.53 Å². The van der Waals surface area contributed by atoms with Crippen LogP contribution in [0.5, 0.6) is 0 Å². The molecule has 0 saturated heterocycles. The third-order valence-electron chi connectivity index (χ3n) is 6.31. The Morgan fingerprint density at radius 2 is 1.48 bits per heavy atom. The lowest BCUT2D eigenvalue weighted by Crippen LogP contribution is -2.08. The van der Waals surface area contributed by atoms with E-state index >= 15 is 0 Å². The van der Waals surface area contributed by atoms with Crippen molar-refractivity contribution in [2.45, 2.75) is 63.7 Å². The first-order chi connectivity index (χ1) is 13.4. The standard InChI is InChI=1S/C24H27N2P/c1-2-10-18(11-3-1)23-19-12-4-5-13-20(19)24(21-14-6-8-16-25-21)27(23)22-15-7-9-17-26-22/h6-9,14-18H,1-5,10-13H2. The van der Waals surface area contributed by atoms with Gasteiger partial charge in [0.2, 0.25) is 0 Å². The van der Waals surface area contributed by atoms with E-state index in [9.17, 15) is 0 Å². The summed E-state index contributed by atoms with van der Waals surface area (Å²) in [6.45, 7) is 0. The predicted molar refractivity (Wildman–Crippen MR) is 114 cm³/mol. The molecular formula is C24H27N2P. The number of pyridine rings is 2. The largest absolute Gasteiger partial charge is 0.256 e. The average Bonchev–Trinajstić information content (AvgIpc) is 3.11. The Balaban J connectivity index is 1.80. The van der Waals surface area contributed by atoms with Gasteiger partial charge in [-0.25, -0.2) is 0 Å². The maximum Gasteiger partial charge on any atom is 0.0864 e. The second-order valence-electron chi connectivity index (χ2n) is 7.97. The van der Waals surface area contributed by atoms with Crippen LogP contribution in [0.15, 0.2) is 48.8 Å². The zero-order valence-corrected chi connectivity index (χ0v) is 16.8. The van der Waals surface area contributed by atoms with Gasteiger partial charge in [-0.05, 0) is 85.1 Å². The summed E-state index contributed by atoms with van der Waals surface area (Å²) in [4.78, 5) is 9.68. The molecule has 0 N–H and O–H groups in total. The lowest BCUT2D eigenvalue weighted by atomic mass is 9.83. The van der Waals surface area contributed by atoms with Crippen LogP contribution in [0.2, 0.25) is 0 Å². The molecule has 3 heterocycles. The second kappa shape index (κ2) is 7.60. The van der Waals surface area contributed by atoms with Crippen LogP contribution >= 0.6 is 7.53 Å². The molecule has 5 rings (SSSR count). The normalized spacial score (nSPS) is 18.3. The number of rotatable bonds is 3. The van der Waals surface area contributed by atoms with E-state index < -0.39 is 7.53 Å². The van der Waals surface area contributed by atoms with Gasteiger partial charge in [0, 0.05) is 17.7 Å². The summed E-state index contributed by atoms with van der Waals surface area (Å²) in [5.41, 5.74) is 5.82. The third-order valence-corrected chi connectivity index (χ3v) is 9.09. The van der Waals surface area contributed by atoms with Gasteiger partial charge in [-0.1, -0.05) is 38.9 Å². The van der Waals surface area contributed by atoms with E-state index in [-0.39, 0.29) is 0 Å². The molecule has 3 aromatic rings. The summed E-state index contributed by atoms with van der Waals surface area (Å²) in [5, 5.41) is 3.30. The monoisotopic (exact) mass is 374 g/mol. The first kappa shape index (κ1) is 17.2. The van der Waals surface area contributed by atoms with Crippen molar-refractivity contribution in [3.05, 3.63) is 65.2 Å². The van der Waals surface area contributed by atoms with Crippen LogP contribution in [0.3, 0.4) is 0 Å². The van der Waals surface area contributed by atoms with Crippen molar-refractivity contribution in [3.8, 4) is 16.4 Å². The van der Waals surface area contributed by atoms with Gasteiger partial charge >= 0.3 is 0 Å². The zero-order chi connectivity index (χ0) is 18.1. The number of hydrogen-bond donors (Lipinski definition) is 0. The lowest BCUT2D eigenvalue weighted by Gasteiger charge is -2.25. The van der Waals surface area contributed by atoms with Gasteiger partial charge in [-0.3, -0.25) is 9.97 Å². The molecule has 2 aliphatic carbocycles. The van der Waals surface area contributed by atoms with E-state index in [1.807, 2.05) is 24.5 Å². The highest BCUT2D eigenvalue weighted by Crippen LogP contribution is 2.61. The second-order valence-corrected chi connectivity index (χ2v) is 10.0. The zero-order valence-electron chi connectivity index (χ0n) is 15.9. The first-order valence-electron chi connectivity index (χ1n) is 10.5. The highest BCUT2D eigenvalue weighted by atomic mass is 31.1. The SMILES string of the molecule is c1ccc(-c2c3c(c(C4CCCCC4)p2-c2ccccn2)CCCC3)nc1. The van der Waals surface area contributed by atoms with Crippen molar-refractivity contribution in [2.75, 3.05) is 0 Å². The van der Waals surface area contributed by atoms with Gasteiger partial charge in [-0.2, -0.15) is 0 Å². The topological polar surface area (TPSA) is 25.8 Å². The fourth-order valence-corrected chi connectivity index (χ4v) is 8.29. The number of hydrogen-bond acceptors (Lipinski definition) is 2. The van der Waals surface area contributed by atoms with Gasteiger partial charge in [0.1, 0.15) is 0 Å². The highest BCUT2D eigenvalue weighted by molar-refractivity contribution is 7.61. The van der Waals surface area contributed by atoms with Crippen molar-refractivity contribution in [1.29, 1.82) is 0 Å². The Bertz CT molecular complexity index is 909. The van der Waals surface area contributed by atoms with Crippen LogP contribution < -0.4 is 0 Å². The van der Waals surface area contributed by atoms with E-state index in [0.717, 1.165) is 5.92 Å². The van der Waals surface area contributed by atoms with Crippen LogP contribution in [0.1, 0.15) is 67.3 Å². The third kappa shape index (κ3) is 3.15. The molecule has 27 heavy (non-hydrogen) atoms. The summed E-state index contributed by atoms with van der Waals surface area (Å²) >= 11 is 0. The Hall–Kier alpha value is -1.92. The van der Waals surface area contributed by atoms with E-state index in [2.05, 4.69) is 24.3 Å². The molecule has 138 valence electrons. The van der Waals surface area contributed by atoms with Gasteiger partial charge in [0.05, 0.1) is 11.1 Å². The smallest absolute Gasteiger partial charge is 0.0864 e. The van der Waals surface area contributed by atoms with Crippen molar-refractivity contribution in [3.63, 3.8) is 0 Å². The lowest BCUT2D eigenvalue weighted by molar-refractivity contribution is 0.445. The maximum absolute atomic E-state index is 4.87. The van der Waals surface area contributed by atoms with Gasteiger partial charge in [-0.15, -0.1) is 0 Å². The van der Waals surface area contributed by atoms with Crippen LogP contribution in [0.25, 0.3) is 16.4 Å². The fourth-order valence-electron chi connectivity index (χ4n) is 5.14. The summed E-state index contributed by atoms with van der Waals surface area (Å²) in [6, 6.07) is 12.9. The number of fused-ring (bicyclic) bond motifs is 1. The summed E-state index contributed by atoms with van der Waals surface area (Å²) in [5.74, 6) is 0.760. The predicted octanol–water partition coefficient (Wildman–Crippen LogP) is 7.05. The minimum absolute atomic E-state index is 0.531. The molecule has 1 atom stereocenters. The fraction of sp³-hybridized carbons (Fsp3) is 0.417. The van der Waals surface area contributed by atoms with E-state index in [1.54, 1.807) is 16.4 Å². The van der Waals surface area contributed by atoms with Crippen LogP contribution in [0.4, 0.5) is 0 Å². The molecule has 0 spiro atoms. The molecular weight excluding hydrogens is 347 g/mol. The van der Waals surface area contributed by atoms with Crippen molar-refractivity contribution in [2.24, 2.45) is 0 Å². The number of aromatic nitrogens is 2. The van der Waals surface area contributed by atoms with E-state index in [0.29, 0.717) is 0 Å². The molecule has 0 aliphatic heterocycles. The highest BCUT2D eigenvalue weighted by Gasteiger charge is 2.32. The Morgan fingerprint density at radius 3 is 2.19 bits per heavy atom. The quantitative estimate of drug-likeness (QED) is 0.491. The molecule has 0 aromatic carbocycles. The van der Waals surface area contributed by atoms with E-state index in [4.69, 9.17) is 9.97 Å². The minimum atomic E-state index is -0.531. The molecule has 2 aliphatic rings. The molecule has 0 radical (unpaired) electrons. The maximum atomic E-state index is 4.87. The van der Waals surface area contributed by atoms with E-state index in [1.165, 1.54) is 74.2 Å². The van der Waals surface area contributed by atoms with Gasteiger partial charge in [0.25, 0.3) is 0 Å². The van der Waals surface area contributed by atoms with Gasteiger partial charge in [0.15, 0.2) is 0 Å². The van der Waals surface area contributed by atoms with Crippen LogP contribution in [-0.4, -0.2) is 9.97 Å². The van der Waals surface area contributed by atoms with Gasteiger partial charge < -0.3 is 0 Å². The molecule has 0 bridgehead atoms. The minimum Gasteiger partial charge on any atom is -0.256 e. The summed E-state index contributed by atoms with van der Waals surface area (Å²) < 4.78 is 0. The molecule has 2 nitrogen and oxygen atoms in total. The summed E-state index contributed by atoms with van der Waals surface area (Å²) in [6.07, 6.45) is 16.0. The Morgan fingerprint density at radius 1 is 0.741 bits per heavy atom. The van der Waals surface area contributed by atoms with Crippen molar-refractivity contribution in [1.82, 2.24) is 9.97 Å². The molecule has 3 aromatic heterocycles. The molecule has 0 amide bonds. The average molecular weight is 374 g/mol. The first-order valence-corrected chi connectivity index (χ1v) is 11.9. The van der Waals surface area contributed by atoms with Crippen LogP contribution in [-0.2, 0) is 12.8 Å². The van der Waals surface area contributed by atoms with Crippen LogP contribution in [0, 0.1) is 0 Å². The molecule has 1 fully saturated rings. The molecule has 3 heteroatoms. The molecule has 1 saturated carbocycles. The Kier molecular flexibility index (Phi) is 4.84. The van der Waals surface area contributed by atoms with Crippen molar-refractivity contribution < 1.29 is 0 Å². The Labute approximate surface area is 163 Å². The molecule has 1 unspecified atom stereocenters. The summed E-state index contributed by atoms with van der Waals surface area (Å²) in [7, 11) is -0.531.